The second-order valence-electron chi connectivity index (χ2n) is 1.80. The Morgan fingerprint density at radius 3 is 1.90 bits per heavy atom. The summed E-state index contributed by atoms with van der Waals surface area (Å²) in [6.07, 6.45) is 0. The molecule has 0 bridgehead atoms. The highest BCUT2D eigenvalue weighted by molar-refractivity contribution is 7.92. The van der Waals surface area contributed by atoms with E-state index in [1.165, 1.54) is 4.31 Å². The molecule has 0 saturated heterocycles. The molecule has 3 nitrogen and oxygen atoms in total. The van der Waals surface area contributed by atoms with E-state index in [0.29, 0.717) is 13.1 Å². The standard InChI is InChI=1S/C6H13NO2S/c1-4-7(5-2)10(8,9)6-3/h6H,3-5H2,1-2H3. The van der Waals surface area contributed by atoms with E-state index in [0.717, 1.165) is 5.41 Å². The van der Waals surface area contributed by atoms with Gasteiger partial charge in [0.05, 0.1) is 0 Å². The minimum Gasteiger partial charge on any atom is -0.208 e. The lowest BCUT2D eigenvalue weighted by Gasteiger charge is -2.14. The van der Waals surface area contributed by atoms with Crippen molar-refractivity contribution in [1.29, 1.82) is 0 Å². The van der Waals surface area contributed by atoms with E-state index < -0.39 is 10.0 Å². The summed E-state index contributed by atoms with van der Waals surface area (Å²) in [7, 11) is -3.16. The Balaban J connectivity index is 4.43. The van der Waals surface area contributed by atoms with E-state index in [-0.39, 0.29) is 0 Å². The molecule has 0 unspecified atom stereocenters. The van der Waals surface area contributed by atoms with Crippen molar-refractivity contribution < 1.29 is 8.42 Å². The predicted molar refractivity (Wildman–Crippen MR) is 42.0 cm³/mol. The Kier molecular flexibility index (Phi) is 3.60. The molecule has 0 aromatic carbocycles. The van der Waals surface area contributed by atoms with Crippen molar-refractivity contribution >= 4 is 10.0 Å². The van der Waals surface area contributed by atoms with Crippen LogP contribution in [0.1, 0.15) is 13.8 Å². The number of hydrogen-bond acceptors (Lipinski definition) is 2. The zero-order chi connectivity index (χ0) is 8.20. The van der Waals surface area contributed by atoms with Crippen molar-refractivity contribution in [1.82, 2.24) is 4.31 Å². The van der Waals surface area contributed by atoms with Crippen molar-refractivity contribution in [3.8, 4) is 0 Å². The van der Waals surface area contributed by atoms with Crippen molar-refractivity contribution in [3.05, 3.63) is 12.0 Å². The van der Waals surface area contributed by atoms with Crippen molar-refractivity contribution in [2.24, 2.45) is 0 Å². The number of rotatable bonds is 4. The average Bonchev–Trinajstić information content (AvgIpc) is 1.90. The fourth-order valence-electron chi connectivity index (χ4n) is 0.689. The molecule has 0 saturated carbocycles. The van der Waals surface area contributed by atoms with Crippen LogP contribution in [0.25, 0.3) is 0 Å². The second-order valence-corrected chi connectivity index (χ2v) is 3.68. The summed E-state index contributed by atoms with van der Waals surface area (Å²) in [5.74, 6) is 0. The van der Waals surface area contributed by atoms with Crippen LogP contribution in [-0.4, -0.2) is 25.8 Å². The molecule has 60 valence electrons. The molecule has 0 aliphatic heterocycles. The Bertz CT molecular complexity index is 192. The van der Waals surface area contributed by atoms with Gasteiger partial charge in [-0.25, -0.2) is 8.42 Å². The SMILES string of the molecule is C=CS(=O)(=O)N(CC)CC. The van der Waals surface area contributed by atoms with Crippen molar-refractivity contribution in [3.63, 3.8) is 0 Å². The molecule has 0 amide bonds. The van der Waals surface area contributed by atoms with Crippen molar-refractivity contribution in [2.45, 2.75) is 13.8 Å². The first-order valence-electron chi connectivity index (χ1n) is 3.21. The van der Waals surface area contributed by atoms with Crippen LogP contribution >= 0.6 is 0 Å². The zero-order valence-corrected chi connectivity index (χ0v) is 7.19. The van der Waals surface area contributed by atoms with E-state index in [1.54, 1.807) is 13.8 Å². The second kappa shape index (κ2) is 3.73. The van der Waals surface area contributed by atoms with Gasteiger partial charge in [0.25, 0.3) is 0 Å². The Morgan fingerprint density at radius 2 is 1.80 bits per heavy atom. The lowest BCUT2D eigenvalue weighted by molar-refractivity contribution is 0.453. The highest BCUT2D eigenvalue weighted by Gasteiger charge is 2.12. The summed E-state index contributed by atoms with van der Waals surface area (Å²) < 4.78 is 23.3. The molecule has 4 heteroatoms. The maximum atomic E-state index is 11.0. The van der Waals surface area contributed by atoms with Gasteiger partial charge in [0.2, 0.25) is 10.0 Å². The smallest absolute Gasteiger partial charge is 0.208 e. The monoisotopic (exact) mass is 163 g/mol. The molecule has 0 aromatic heterocycles. The number of nitrogens with zero attached hydrogens (tertiary/aromatic N) is 1. The van der Waals surface area contributed by atoms with Gasteiger partial charge >= 0.3 is 0 Å². The van der Waals surface area contributed by atoms with Gasteiger partial charge in [-0.05, 0) is 0 Å². The molecule has 0 aromatic rings. The summed E-state index contributed by atoms with van der Waals surface area (Å²) in [4.78, 5) is 0. The Morgan fingerprint density at radius 1 is 1.40 bits per heavy atom. The lowest BCUT2D eigenvalue weighted by Crippen LogP contribution is -2.28. The average molecular weight is 163 g/mol. The van der Waals surface area contributed by atoms with E-state index in [9.17, 15) is 8.42 Å². The molecule has 0 heterocycles. The fraction of sp³-hybridized carbons (Fsp3) is 0.667. The van der Waals surface area contributed by atoms with E-state index >= 15 is 0 Å². The summed E-state index contributed by atoms with van der Waals surface area (Å²) >= 11 is 0. The maximum Gasteiger partial charge on any atom is 0.235 e. The first-order chi connectivity index (χ1) is 4.58. The molecule has 0 atom stereocenters. The van der Waals surface area contributed by atoms with Gasteiger partial charge < -0.3 is 0 Å². The van der Waals surface area contributed by atoms with Crippen LogP contribution in [-0.2, 0) is 10.0 Å². The van der Waals surface area contributed by atoms with Gasteiger partial charge in [-0.15, -0.1) is 0 Å². The molecule has 0 aliphatic carbocycles. The molecule has 0 rings (SSSR count). The Labute approximate surface area is 62.4 Å². The summed E-state index contributed by atoms with van der Waals surface area (Å²) in [6.45, 7) is 7.82. The minimum absolute atomic E-state index is 0.505. The van der Waals surface area contributed by atoms with Crippen LogP contribution in [0.2, 0.25) is 0 Å². The van der Waals surface area contributed by atoms with Gasteiger partial charge in [-0.3, -0.25) is 0 Å². The van der Waals surface area contributed by atoms with E-state index in [4.69, 9.17) is 0 Å². The maximum absolute atomic E-state index is 11.0. The van der Waals surface area contributed by atoms with Gasteiger partial charge in [-0.2, -0.15) is 4.31 Å². The van der Waals surface area contributed by atoms with Gasteiger partial charge in [0, 0.05) is 18.5 Å². The third kappa shape index (κ3) is 2.11. The third-order valence-electron chi connectivity index (χ3n) is 1.28. The van der Waals surface area contributed by atoms with Crippen LogP contribution < -0.4 is 0 Å². The summed E-state index contributed by atoms with van der Waals surface area (Å²) in [5, 5.41) is 0.972. The predicted octanol–water partition coefficient (Wildman–Crippen LogP) is 0.801. The normalized spacial score (nSPS) is 11.9. The highest BCUT2D eigenvalue weighted by Crippen LogP contribution is 1.99. The van der Waals surface area contributed by atoms with Crippen LogP contribution in [0.5, 0.6) is 0 Å². The molecule has 0 radical (unpaired) electrons. The van der Waals surface area contributed by atoms with Crippen LogP contribution in [0, 0.1) is 0 Å². The van der Waals surface area contributed by atoms with E-state index in [2.05, 4.69) is 6.58 Å². The molecule has 0 spiro atoms. The fourth-order valence-corrected chi connectivity index (χ4v) is 1.62. The first-order valence-corrected chi connectivity index (χ1v) is 4.71. The van der Waals surface area contributed by atoms with Crippen LogP contribution in [0.3, 0.4) is 0 Å². The largest absolute Gasteiger partial charge is 0.235 e. The molecule has 10 heavy (non-hydrogen) atoms. The number of sulfonamides is 1. The molecular formula is C6H13NO2S. The first kappa shape index (κ1) is 9.65. The zero-order valence-electron chi connectivity index (χ0n) is 6.37. The Hall–Kier alpha value is -0.350. The topological polar surface area (TPSA) is 37.4 Å². The molecule has 0 fully saturated rings. The highest BCUT2D eigenvalue weighted by atomic mass is 32.2. The van der Waals surface area contributed by atoms with Gasteiger partial charge in [0.15, 0.2) is 0 Å². The minimum atomic E-state index is -3.16. The van der Waals surface area contributed by atoms with Gasteiger partial charge in [-0.1, -0.05) is 20.4 Å². The molecular weight excluding hydrogens is 150 g/mol. The van der Waals surface area contributed by atoms with E-state index in [1.807, 2.05) is 0 Å². The van der Waals surface area contributed by atoms with Crippen LogP contribution in [0.15, 0.2) is 12.0 Å². The summed E-state index contributed by atoms with van der Waals surface area (Å²) in [6, 6.07) is 0. The van der Waals surface area contributed by atoms with Crippen molar-refractivity contribution in [2.75, 3.05) is 13.1 Å². The summed E-state index contributed by atoms with van der Waals surface area (Å²) in [5.41, 5.74) is 0. The third-order valence-corrected chi connectivity index (χ3v) is 2.93. The quantitative estimate of drug-likeness (QED) is 0.614. The lowest BCUT2D eigenvalue weighted by atomic mass is 10.7. The number of hydrogen-bond donors (Lipinski definition) is 0. The molecule has 0 N–H and O–H groups in total. The van der Waals surface area contributed by atoms with Crippen LogP contribution in [0.4, 0.5) is 0 Å². The molecule has 0 aliphatic rings. The van der Waals surface area contributed by atoms with Gasteiger partial charge in [0.1, 0.15) is 0 Å².